The predicted octanol–water partition coefficient (Wildman–Crippen LogP) is 3.13. The van der Waals surface area contributed by atoms with Crippen molar-refractivity contribution in [3.63, 3.8) is 0 Å². The van der Waals surface area contributed by atoms with Crippen molar-refractivity contribution >= 4 is 15.9 Å². The molecule has 0 atom stereocenters. The van der Waals surface area contributed by atoms with Crippen LogP contribution in [-0.4, -0.2) is 14.8 Å². The molecule has 0 saturated heterocycles. The molecule has 0 aliphatic rings. The molecule has 1 heterocycles. The smallest absolute Gasteiger partial charge is 0.164 e. The Kier molecular flexibility index (Phi) is 4.37. The summed E-state index contributed by atoms with van der Waals surface area (Å²) in [6.45, 7) is 7.72. The summed E-state index contributed by atoms with van der Waals surface area (Å²) in [4.78, 5) is 0. The predicted molar refractivity (Wildman–Crippen MR) is 80.6 cm³/mol. The molecule has 2 N–H and O–H groups in total. The number of hydrogen-bond donors (Lipinski definition) is 1. The number of benzene rings is 1. The molecule has 1 aromatic heterocycles. The number of nitrogens with two attached hydrogens (primary N) is 1. The second-order valence-electron chi connectivity index (χ2n) is 5.11. The van der Waals surface area contributed by atoms with Gasteiger partial charge in [-0.1, -0.05) is 35.8 Å². The van der Waals surface area contributed by atoms with Gasteiger partial charge < -0.3 is 10.3 Å². The summed E-state index contributed by atoms with van der Waals surface area (Å²) >= 11 is 3.51. The summed E-state index contributed by atoms with van der Waals surface area (Å²) in [5.74, 6) is 2.25. The van der Waals surface area contributed by atoms with E-state index in [0.717, 1.165) is 28.2 Å². The Balaban J connectivity index is 2.55. The van der Waals surface area contributed by atoms with E-state index in [1.807, 2.05) is 6.07 Å². The van der Waals surface area contributed by atoms with Crippen molar-refractivity contribution in [2.45, 2.75) is 33.9 Å². The lowest BCUT2D eigenvalue weighted by Crippen LogP contribution is -2.13. The standard InChI is InChI=1S/C14H19BrN4/c1-9(2)8-19-13(7-16)17-18-14(19)12-6-11(15)5-4-10(12)3/h4-6,9H,7-8,16H2,1-3H3. The van der Waals surface area contributed by atoms with Crippen LogP contribution in [0, 0.1) is 12.8 Å². The fourth-order valence-corrected chi connectivity index (χ4v) is 2.44. The summed E-state index contributed by atoms with van der Waals surface area (Å²) in [7, 11) is 0. The molecular weight excluding hydrogens is 304 g/mol. The second-order valence-corrected chi connectivity index (χ2v) is 6.02. The van der Waals surface area contributed by atoms with E-state index in [-0.39, 0.29) is 0 Å². The Labute approximate surface area is 122 Å². The van der Waals surface area contributed by atoms with Crippen LogP contribution < -0.4 is 5.73 Å². The highest BCUT2D eigenvalue weighted by molar-refractivity contribution is 9.10. The number of halogens is 1. The largest absolute Gasteiger partial charge is 0.324 e. The Morgan fingerprint density at radius 1 is 1.32 bits per heavy atom. The summed E-state index contributed by atoms with van der Waals surface area (Å²) in [5.41, 5.74) is 8.04. The molecule has 0 fully saturated rings. The summed E-state index contributed by atoms with van der Waals surface area (Å²) in [6.07, 6.45) is 0. The van der Waals surface area contributed by atoms with Gasteiger partial charge in [-0.15, -0.1) is 10.2 Å². The van der Waals surface area contributed by atoms with E-state index in [4.69, 9.17) is 5.73 Å². The normalized spacial score (nSPS) is 11.3. The average molecular weight is 323 g/mol. The van der Waals surface area contributed by atoms with Gasteiger partial charge in [0.05, 0.1) is 6.54 Å². The number of aryl methyl sites for hydroxylation is 1. The molecule has 0 unspecified atom stereocenters. The minimum atomic E-state index is 0.409. The van der Waals surface area contributed by atoms with Crippen LogP contribution in [0.3, 0.4) is 0 Å². The van der Waals surface area contributed by atoms with Crippen molar-refractivity contribution in [1.29, 1.82) is 0 Å². The minimum Gasteiger partial charge on any atom is -0.324 e. The van der Waals surface area contributed by atoms with Gasteiger partial charge >= 0.3 is 0 Å². The Morgan fingerprint density at radius 3 is 2.68 bits per heavy atom. The quantitative estimate of drug-likeness (QED) is 0.940. The summed E-state index contributed by atoms with van der Waals surface area (Å²) in [6, 6.07) is 6.19. The fraction of sp³-hybridized carbons (Fsp3) is 0.429. The number of hydrogen-bond acceptors (Lipinski definition) is 3. The molecule has 0 radical (unpaired) electrons. The lowest BCUT2D eigenvalue weighted by Gasteiger charge is -2.13. The molecule has 19 heavy (non-hydrogen) atoms. The molecule has 2 rings (SSSR count). The van der Waals surface area contributed by atoms with Gasteiger partial charge in [-0.25, -0.2) is 0 Å². The zero-order valence-electron chi connectivity index (χ0n) is 11.5. The van der Waals surface area contributed by atoms with E-state index in [1.165, 1.54) is 5.56 Å². The van der Waals surface area contributed by atoms with E-state index in [9.17, 15) is 0 Å². The molecule has 0 bridgehead atoms. The van der Waals surface area contributed by atoms with Gasteiger partial charge in [0.2, 0.25) is 0 Å². The van der Waals surface area contributed by atoms with Gasteiger partial charge in [-0.05, 0) is 30.5 Å². The average Bonchev–Trinajstić information content (AvgIpc) is 2.74. The van der Waals surface area contributed by atoms with Gasteiger partial charge in [0, 0.05) is 16.6 Å². The molecule has 0 aliphatic carbocycles. The van der Waals surface area contributed by atoms with Crippen molar-refractivity contribution in [2.75, 3.05) is 0 Å². The molecule has 102 valence electrons. The van der Waals surface area contributed by atoms with Crippen LogP contribution in [0.4, 0.5) is 0 Å². The highest BCUT2D eigenvalue weighted by atomic mass is 79.9. The first-order chi connectivity index (χ1) is 9.02. The Bertz CT molecular complexity index is 575. The van der Waals surface area contributed by atoms with Crippen LogP contribution in [0.25, 0.3) is 11.4 Å². The molecule has 0 aliphatic heterocycles. The Morgan fingerprint density at radius 2 is 2.05 bits per heavy atom. The summed E-state index contributed by atoms with van der Waals surface area (Å²) < 4.78 is 3.17. The van der Waals surface area contributed by atoms with Crippen LogP contribution in [0.15, 0.2) is 22.7 Å². The van der Waals surface area contributed by atoms with Crippen LogP contribution in [-0.2, 0) is 13.1 Å². The summed E-state index contributed by atoms with van der Waals surface area (Å²) in [5, 5.41) is 8.53. The molecule has 0 amide bonds. The number of nitrogens with zero attached hydrogens (tertiary/aromatic N) is 3. The first kappa shape index (κ1) is 14.2. The zero-order valence-corrected chi connectivity index (χ0v) is 13.1. The van der Waals surface area contributed by atoms with E-state index in [0.29, 0.717) is 12.5 Å². The molecule has 0 spiro atoms. The number of rotatable bonds is 4. The monoisotopic (exact) mass is 322 g/mol. The van der Waals surface area contributed by atoms with Crippen LogP contribution in [0.1, 0.15) is 25.2 Å². The highest BCUT2D eigenvalue weighted by Crippen LogP contribution is 2.26. The molecular formula is C14H19BrN4. The van der Waals surface area contributed by atoms with Crippen molar-refractivity contribution in [2.24, 2.45) is 11.7 Å². The molecule has 5 heteroatoms. The van der Waals surface area contributed by atoms with Gasteiger partial charge in [0.25, 0.3) is 0 Å². The van der Waals surface area contributed by atoms with Crippen LogP contribution >= 0.6 is 15.9 Å². The third-order valence-corrected chi connectivity index (χ3v) is 3.49. The topological polar surface area (TPSA) is 56.7 Å². The molecule has 2 aromatic rings. The molecule has 0 saturated carbocycles. The second kappa shape index (κ2) is 5.84. The molecule has 1 aromatic carbocycles. The first-order valence-corrected chi connectivity index (χ1v) is 7.21. The van der Waals surface area contributed by atoms with Gasteiger partial charge in [0.15, 0.2) is 5.82 Å². The maximum absolute atomic E-state index is 5.75. The molecule has 4 nitrogen and oxygen atoms in total. The zero-order chi connectivity index (χ0) is 14.0. The first-order valence-electron chi connectivity index (χ1n) is 6.41. The van der Waals surface area contributed by atoms with Crippen molar-refractivity contribution in [3.05, 3.63) is 34.1 Å². The van der Waals surface area contributed by atoms with Crippen molar-refractivity contribution in [3.8, 4) is 11.4 Å². The number of aromatic nitrogens is 3. The lowest BCUT2D eigenvalue weighted by molar-refractivity contribution is 0.510. The SMILES string of the molecule is Cc1ccc(Br)cc1-c1nnc(CN)n1CC(C)C. The third kappa shape index (κ3) is 3.04. The lowest BCUT2D eigenvalue weighted by atomic mass is 10.1. The van der Waals surface area contributed by atoms with Gasteiger partial charge in [0.1, 0.15) is 5.82 Å². The van der Waals surface area contributed by atoms with E-state index < -0.39 is 0 Å². The minimum absolute atomic E-state index is 0.409. The van der Waals surface area contributed by atoms with Gasteiger partial charge in [-0.2, -0.15) is 0 Å². The highest BCUT2D eigenvalue weighted by Gasteiger charge is 2.15. The van der Waals surface area contributed by atoms with Crippen LogP contribution in [0.5, 0.6) is 0 Å². The maximum atomic E-state index is 5.75. The van der Waals surface area contributed by atoms with E-state index >= 15 is 0 Å². The maximum Gasteiger partial charge on any atom is 0.164 e. The fourth-order valence-electron chi connectivity index (χ4n) is 2.08. The third-order valence-electron chi connectivity index (χ3n) is 3.00. The Hall–Kier alpha value is -1.20. The van der Waals surface area contributed by atoms with Crippen LogP contribution in [0.2, 0.25) is 0 Å². The van der Waals surface area contributed by atoms with Crippen molar-refractivity contribution < 1.29 is 0 Å². The van der Waals surface area contributed by atoms with Crippen molar-refractivity contribution in [1.82, 2.24) is 14.8 Å². The van der Waals surface area contributed by atoms with Gasteiger partial charge in [-0.3, -0.25) is 0 Å². The van der Waals surface area contributed by atoms with E-state index in [1.54, 1.807) is 0 Å². The van der Waals surface area contributed by atoms with E-state index in [2.05, 4.69) is 63.6 Å².